The minimum atomic E-state index is -0.0265. The van der Waals surface area contributed by atoms with Gasteiger partial charge in [0.05, 0.1) is 0 Å². The van der Waals surface area contributed by atoms with Crippen LogP contribution < -0.4 is 0 Å². The van der Waals surface area contributed by atoms with E-state index in [2.05, 4.69) is 0 Å². The fourth-order valence-electron chi connectivity index (χ4n) is 1.96. The zero-order valence-electron chi connectivity index (χ0n) is 9.35. The largest absolute Gasteiger partial charge is 0.337 e. The zero-order chi connectivity index (χ0) is 11.5. The molecule has 1 amide bonds. The molecule has 1 saturated heterocycles. The summed E-state index contributed by atoms with van der Waals surface area (Å²) in [5.41, 5.74) is 0.698. The van der Waals surface area contributed by atoms with Crippen LogP contribution in [0.15, 0.2) is 30.3 Å². The van der Waals surface area contributed by atoms with Gasteiger partial charge in [0, 0.05) is 31.0 Å². The summed E-state index contributed by atoms with van der Waals surface area (Å²) >= 11 is 0. The molecule has 0 spiro atoms. The number of benzene rings is 1. The van der Waals surface area contributed by atoms with Crippen LogP contribution in [0.2, 0.25) is 0 Å². The van der Waals surface area contributed by atoms with E-state index in [4.69, 9.17) is 0 Å². The van der Waals surface area contributed by atoms with Crippen molar-refractivity contribution in [3.05, 3.63) is 35.9 Å². The molecule has 0 aromatic heterocycles. The Morgan fingerprint density at radius 3 is 2.62 bits per heavy atom. The number of hydrogen-bond acceptors (Lipinski definition) is 2. The van der Waals surface area contributed by atoms with Crippen LogP contribution in [0.5, 0.6) is 0 Å². The van der Waals surface area contributed by atoms with Gasteiger partial charge in [-0.1, -0.05) is 25.1 Å². The molecule has 1 fully saturated rings. The number of likely N-dealkylation sites (tertiary alicyclic amines) is 1. The van der Waals surface area contributed by atoms with Gasteiger partial charge in [-0.2, -0.15) is 0 Å². The van der Waals surface area contributed by atoms with Crippen LogP contribution in [-0.4, -0.2) is 29.7 Å². The van der Waals surface area contributed by atoms with E-state index in [-0.39, 0.29) is 17.6 Å². The quantitative estimate of drug-likeness (QED) is 0.718. The summed E-state index contributed by atoms with van der Waals surface area (Å²) in [6.07, 6.45) is 0.486. The van der Waals surface area contributed by atoms with Crippen LogP contribution in [0.3, 0.4) is 0 Å². The SMILES string of the molecule is CC1CN(C(=O)c2ccccc2)CCC1=O. The van der Waals surface area contributed by atoms with Gasteiger partial charge in [0.15, 0.2) is 0 Å². The molecule has 16 heavy (non-hydrogen) atoms. The van der Waals surface area contributed by atoms with E-state index in [0.717, 1.165) is 0 Å². The Labute approximate surface area is 95.1 Å². The molecule has 0 bridgehead atoms. The van der Waals surface area contributed by atoms with E-state index in [1.807, 2.05) is 37.3 Å². The van der Waals surface area contributed by atoms with Crippen LogP contribution in [-0.2, 0) is 4.79 Å². The number of nitrogens with zero attached hydrogens (tertiary/aromatic N) is 1. The lowest BCUT2D eigenvalue weighted by Crippen LogP contribution is -2.43. The zero-order valence-corrected chi connectivity index (χ0v) is 9.35. The van der Waals surface area contributed by atoms with E-state index in [9.17, 15) is 9.59 Å². The summed E-state index contributed by atoms with van der Waals surface area (Å²) in [5, 5.41) is 0. The van der Waals surface area contributed by atoms with Crippen molar-refractivity contribution in [1.82, 2.24) is 4.90 Å². The van der Waals surface area contributed by atoms with E-state index in [1.54, 1.807) is 4.90 Å². The van der Waals surface area contributed by atoms with Crippen molar-refractivity contribution >= 4 is 11.7 Å². The van der Waals surface area contributed by atoms with Gasteiger partial charge in [0.1, 0.15) is 5.78 Å². The maximum atomic E-state index is 12.1. The maximum absolute atomic E-state index is 12.1. The number of carbonyl (C=O) groups excluding carboxylic acids is 2. The Balaban J connectivity index is 2.09. The Kier molecular flexibility index (Phi) is 3.04. The minimum Gasteiger partial charge on any atom is -0.337 e. The fraction of sp³-hybridized carbons (Fsp3) is 0.385. The van der Waals surface area contributed by atoms with Crippen molar-refractivity contribution in [3.63, 3.8) is 0 Å². The van der Waals surface area contributed by atoms with E-state index in [0.29, 0.717) is 25.1 Å². The summed E-state index contributed by atoms with van der Waals surface area (Å²) in [6.45, 7) is 2.98. The number of hydrogen-bond donors (Lipinski definition) is 0. The fourth-order valence-corrected chi connectivity index (χ4v) is 1.96. The van der Waals surface area contributed by atoms with Crippen LogP contribution in [0.4, 0.5) is 0 Å². The summed E-state index contributed by atoms with van der Waals surface area (Å²) in [7, 11) is 0. The van der Waals surface area contributed by atoms with Gasteiger partial charge in [-0.05, 0) is 12.1 Å². The molecule has 0 radical (unpaired) electrons. The minimum absolute atomic E-state index is 0.0265. The Morgan fingerprint density at radius 2 is 2.00 bits per heavy atom. The molecule has 0 saturated carbocycles. The number of rotatable bonds is 1. The van der Waals surface area contributed by atoms with Gasteiger partial charge < -0.3 is 4.90 Å². The van der Waals surface area contributed by atoms with Gasteiger partial charge in [0.2, 0.25) is 0 Å². The van der Waals surface area contributed by atoms with Crippen molar-refractivity contribution in [3.8, 4) is 0 Å². The number of ketones is 1. The third-order valence-electron chi connectivity index (χ3n) is 2.98. The Hall–Kier alpha value is -1.64. The van der Waals surface area contributed by atoms with Crippen LogP contribution in [0.1, 0.15) is 23.7 Å². The smallest absolute Gasteiger partial charge is 0.253 e. The number of amides is 1. The number of carbonyl (C=O) groups is 2. The average Bonchev–Trinajstić information content (AvgIpc) is 2.33. The standard InChI is InChI=1S/C13H15NO2/c1-10-9-14(8-7-12(10)15)13(16)11-5-3-2-4-6-11/h2-6,10H,7-9H2,1H3. The summed E-state index contributed by atoms with van der Waals surface area (Å²) in [6, 6.07) is 9.21. The molecule has 1 aliphatic rings. The molecule has 1 heterocycles. The highest BCUT2D eigenvalue weighted by Gasteiger charge is 2.26. The highest BCUT2D eigenvalue weighted by atomic mass is 16.2. The van der Waals surface area contributed by atoms with E-state index >= 15 is 0 Å². The van der Waals surface area contributed by atoms with Gasteiger partial charge in [-0.25, -0.2) is 0 Å². The van der Waals surface area contributed by atoms with Crippen molar-refractivity contribution in [2.24, 2.45) is 5.92 Å². The number of piperidine rings is 1. The Morgan fingerprint density at radius 1 is 1.31 bits per heavy atom. The molecule has 1 aromatic carbocycles. The normalized spacial score (nSPS) is 20.9. The second-order valence-electron chi connectivity index (χ2n) is 4.23. The summed E-state index contributed by atoms with van der Waals surface area (Å²) < 4.78 is 0. The topological polar surface area (TPSA) is 37.4 Å². The first-order chi connectivity index (χ1) is 7.68. The van der Waals surface area contributed by atoms with Crippen molar-refractivity contribution in [1.29, 1.82) is 0 Å². The van der Waals surface area contributed by atoms with Gasteiger partial charge in [-0.15, -0.1) is 0 Å². The molecule has 3 nitrogen and oxygen atoms in total. The molecule has 1 unspecified atom stereocenters. The third-order valence-corrected chi connectivity index (χ3v) is 2.98. The molecule has 1 atom stereocenters. The lowest BCUT2D eigenvalue weighted by atomic mass is 9.98. The predicted molar refractivity (Wildman–Crippen MR) is 61.1 cm³/mol. The lowest BCUT2D eigenvalue weighted by Gasteiger charge is -2.30. The van der Waals surface area contributed by atoms with Gasteiger partial charge in [0.25, 0.3) is 5.91 Å². The second-order valence-corrected chi connectivity index (χ2v) is 4.23. The predicted octanol–water partition coefficient (Wildman–Crippen LogP) is 1.74. The number of Topliss-reactive ketones (excluding diaryl/α,β-unsaturated/α-hetero) is 1. The first-order valence-corrected chi connectivity index (χ1v) is 5.55. The Bertz CT molecular complexity index is 400. The summed E-state index contributed by atoms with van der Waals surface area (Å²) in [5.74, 6) is 0.262. The molecule has 84 valence electrons. The molecule has 1 aliphatic heterocycles. The van der Waals surface area contributed by atoms with Crippen LogP contribution in [0, 0.1) is 5.92 Å². The molecular weight excluding hydrogens is 202 g/mol. The third kappa shape index (κ3) is 2.13. The highest BCUT2D eigenvalue weighted by molar-refractivity contribution is 5.95. The van der Waals surface area contributed by atoms with Crippen LogP contribution >= 0.6 is 0 Å². The molecular formula is C13H15NO2. The highest BCUT2D eigenvalue weighted by Crippen LogP contribution is 2.15. The van der Waals surface area contributed by atoms with Crippen molar-refractivity contribution in [2.45, 2.75) is 13.3 Å². The summed E-state index contributed by atoms with van der Waals surface area (Å²) in [4.78, 5) is 25.2. The second kappa shape index (κ2) is 4.47. The van der Waals surface area contributed by atoms with Crippen LogP contribution in [0.25, 0.3) is 0 Å². The molecule has 0 aliphatic carbocycles. The first-order valence-electron chi connectivity index (χ1n) is 5.55. The lowest BCUT2D eigenvalue weighted by molar-refractivity contribution is -0.124. The van der Waals surface area contributed by atoms with Gasteiger partial charge >= 0.3 is 0 Å². The molecule has 1 aromatic rings. The molecule has 0 N–H and O–H groups in total. The first kappa shape index (κ1) is 10.9. The van der Waals surface area contributed by atoms with Crippen molar-refractivity contribution in [2.75, 3.05) is 13.1 Å². The maximum Gasteiger partial charge on any atom is 0.253 e. The van der Waals surface area contributed by atoms with Gasteiger partial charge in [-0.3, -0.25) is 9.59 Å². The van der Waals surface area contributed by atoms with Crippen molar-refractivity contribution < 1.29 is 9.59 Å². The monoisotopic (exact) mass is 217 g/mol. The average molecular weight is 217 g/mol. The van der Waals surface area contributed by atoms with E-state index in [1.165, 1.54) is 0 Å². The molecule has 3 heteroatoms. The van der Waals surface area contributed by atoms with E-state index < -0.39 is 0 Å². The molecule has 2 rings (SSSR count).